The minimum Gasteiger partial charge on any atom is -0.508 e. The molecule has 2 aromatic carbocycles. The van der Waals surface area contributed by atoms with Crippen LogP contribution in [0, 0.1) is 0 Å². The lowest BCUT2D eigenvalue weighted by Gasteiger charge is -2.32. The van der Waals surface area contributed by atoms with Crippen LogP contribution in [0.1, 0.15) is 42.9 Å². The summed E-state index contributed by atoms with van der Waals surface area (Å²) in [6.07, 6.45) is 5.92. The molecular weight excluding hydrogens is 388 g/mol. The number of benzene rings is 2. The molecule has 6 heteroatoms. The van der Waals surface area contributed by atoms with Crippen LogP contribution in [-0.2, 0) is 17.8 Å². The molecular formula is C25H30N4O2. The molecule has 6 nitrogen and oxygen atoms in total. The molecule has 4 rings (SSSR count). The van der Waals surface area contributed by atoms with Gasteiger partial charge in [0, 0.05) is 37.7 Å². The average molecular weight is 419 g/mol. The lowest BCUT2D eigenvalue weighted by molar-refractivity contribution is -0.116. The highest BCUT2D eigenvalue weighted by atomic mass is 16.3. The molecule has 3 aromatic rings. The minimum absolute atomic E-state index is 0.0367. The monoisotopic (exact) mass is 418 g/mol. The van der Waals surface area contributed by atoms with Crippen molar-refractivity contribution in [2.75, 3.05) is 18.4 Å². The van der Waals surface area contributed by atoms with Gasteiger partial charge in [-0.2, -0.15) is 5.10 Å². The number of nitrogens with one attached hydrogen (secondary N) is 1. The van der Waals surface area contributed by atoms with E-state index in [4.69, 9.17) is 0 Å². The minimum atomic E-state index is 0.0367. The van der Waals surface area contributed by atoms with Gasteiger partial charge in [0.15, 0.2) is 0 Å². The number of hydrogen-bond donors (Lipinski definition) is 2. The van der Waals surface area contributed by atoms with E-state index in [2.05, 4.69) is 27.4 Å². The number of phenolic OH excluding ortho intramolecular Hbond substituents is 1. The van der Waals surface area contributed by atoms with Gasteiger partial charge in [-0.15, -0.1) is 0 Å². The quantitative estimate of drug-likeness (QED) is 0.569. The highest BCUT2D eigenvalue weighted by Crippen LogP contribution is 2.27. The van der Waals surface area contributed by atoms with Gasteiger partial charge in [-0.1, -0.05) is 48.5 Å². The molecule has 0 unspecified atom stereocenters. The van der Waals surface area contributed by atoms with E-state index in [1.807, 2.05) is 47.1 Å². The van der Waals surface area contributed by atoms with E-state index < -0.39 is 0 Å². The Hall–Kier alpha value is -3.12. The van der Waals surface area contributed by atoms with E-state index in [9.17, 15) is 9.90 Å². The third-order valence-corrected chi connectivity index (χ3v) is 5.94. The summed E-state index contributed by atoms with van der Waals surface area (Å²) in [7, 11) is 0. The fourth-order valence-electron chi connectivity index (χ4n) is 4.21. The summed E-state index contributed by atoms with van der Waals surface area (Å²) >= 11 is 0. The second-order valence-corrected chi connectivity index (χ2v) is 8.18. The number of rotatable bonds is 8. The molecule has 162 valence electrons. The van der Waals surface area contributed by atoms with Crippen LogP contribution in [0.5, 0.6) is 5.75 Å². The predicted molar refractivity (Wildman–Crippen MR) is 122 cm³/mol. The Labute approximate surface area is 183 Å². The Kier molecular flexibility index (Phi) is 6.99. The fourth-order valence-corrected chi connectivity index (χ4v) is 4.21. The predicted octanol–water partition coefficient (Wildman–Crippen LogP) is 4.39. The summed E-state index contributed by atoms with van der Waals surface area (Å²) in [4.78, 5) is 14.8. The number of aromatic nitrogens is 2. The summed E-state index contributed by atoms with van der Waals surface area (Å²) in [5, 5.41) is 17.5. The van der Waals surface area contributed by atoms with Crippen molar-refractivity contribution in [2.45, 2.75) is 44.7 Å². The first-order valence-electron chi connectivity index (χ1n) is 11.1. The molecule has 0 radical (unpaired) electrons. The van der Waals surface area contributed by atoms with Crippen LogP contribution in [-0.4, -0.2) is 38.8 Å². The molecule has 0 atom stereocenters. The first-order chi connectivity index (χ1) is 15.2. The van der Waals surface area contributed by atoms with Crippen molar-refractivity contribution >= 4 is 11.7 Å². The van der Waals surface area contributed by atoms with E-state index in [0.717, 1.165) is 56.7 Å². The maximum Gasteiger partial charge on any atom is 0.225 e. The standard InChI is InChI=1S/C25H30N4O2/c30-23-11-5-4-10-21(23)19-28-17-14-22(15-18-28)29-24(13-16-26-29)27-25(31)12-6-9-20-7-2-1-3-8-20/h1-5,7-8,10-11,13,16,22,30H,6,9,12,14-15,17-19H2,(H,27,31). The highest BCUT2D eigenvalue weighted by Gasteiger charge is 2.23. The maximum absolute atomic E-state index is 12.4. The Morgan fingerprint density at radius 3 is 2.55 bits per heavy atom. The van der Waals surface area contributed by atoms with Crippen molar-refractivity contribution < 1.29 is 9.90 Å². The molecule has 0 aliphatic carbocycles. The van der Waals surface area contributed by atoms with Crippen molar-refractivity contribution in [3.63, 3.8) is 0 Å². The van der Waals surface area contributed by atoms with Gasteiger partial charge in [0.05, 0.1) is 12.2 Å². The van der Waals surface area contributed by atoms with Crippen molar-refractivity contribution in [1.82, 2.24) is 14.7 Å². The number of phenols is 1. The van der Waals surface area contributed by atoms with Gasteiger partial charge in [0.1, 0.15) is 11.6 Å². The largest absolute Gasteiger partial charge is 0.508 e. The zero-order chi connectivity index (χ0) is 21.5. The third-order valence-electron chi connectivity index (χ3n) is 5.94. The molecule has 1 aliphatic rings. The molecule has 2 N–H and O–H groups in total. The summed E-state index contributed by atoms with van der Waals surface area (Å²) in [5.41, 5.74) is 2.22. The van der Waals surface area contributed by atoms with Crippen LogP contribution in [0.3, 0.4) is 0 Å². The van der Waals surface area contributed by atoms with E-state index in [0.29, 0.717) is 12.2 Å². The lowest BCUT2D eigenvalue weighted by atomic mass is 10.0. The number of piperidine rings is 1. The summed E-state index contributed by atoms with van der Waals surface area (Å²) < 4.78 is 1.96. The first kappa shape index (κ1) is 21.1. The number of amides is 1. The topological polar surface area (TPSA) is 70.4 Å². The van der Waals surface area contributed by atoms with E-state index in [1.165, 1.54) is 5.56 Å². The lowest BCUT2D eigenvalue weighted by Crippen LogP contribution is -2.35. The van der Waals surface area contributed by atoms with Crippen molar-refractivity contribution in [3.05, 3.63) is 78.0 Å². The Bertz CT molecular complexity index is 978. The summed E-state index contributed by atoms with van der Waals surface area (Å²) in [6.45, 7) is 2.62. The van der Waals surface area contributed by atoms with E-state index in [1.54, 1.807) is 12.3 Å². The number of likely N-dealkylation sites (tertiary alicyclic amines) is 1. The summed E-state index contributed by atoms with van der Waals surface area (Å²) in [5.74, 6) is 1.17. The second kappa shape index (κ2) is 10.3. The van der Waals surface area contributed by atoms with Crippen LogP contribution >= 0.6 is 0 Å². The molecule has 0 spiro atoms. The van der Waals surface area contributed by atoms with Gasteiger partial charge >= 0.3 is 0 Å². The number of aryl methyl sites for hydroxylation is 1. The molecule has 1 amide bonds. The zero-order valence-corrected chi connectivity index (χ0v) is 17.8. The Balaban J connectivity index is 1.25. The second-order valence-electron chi connectivity index (χ2n) is 8.18. The van der Waals surface area contributed by atoms with E-state index >= 15 is 0 Å². The Morgan fingerprint density at radius 2 is 1.77 bits per heavy atom. The third kappa shape index (κ3) is 5.73. The van der Waals surface area contributed by atoms with Crippen molar-refractivity contribution in [3.8, 4) is 5.75 Å². The number of carbonyl (C=O) groups is 1. The number of aromatic hydroxyl groups is 1. The molecule has 1 saturated heterocycles. The molecule has 2 heterocycles. The number of anilines is 1. The molecule has 1 fully saturated rings. The normalized spacial score (nSPS) is 15.1. The van der Waals surface area contributed by atoms with Gasteiger partial charge in [0.25, 0.3) is 0 Å². The first-order valence-corrected chi connectivity index (χ1v) is 11.1. The zero-order valence-electron chi connectivity index (χ0n) is 17.8. The Morgan fingerprint density at radius 1 is 1.03 bits per heavy atom. The molecule has 31 heavy (non-hydrogen) atoms. The molecule has 0 bridgehead atoms. The maximum atomic E-state index is 12.4. The van der Waals surface area contributed by atoms with Gasteiger partial charge in [-0.25, -0.2) is 4.68 Å². The smallest absolute Gasteiger partial charge is 0.225 e. The van der Waals surface area contributed by atoms with Gasteiger partial charge in [0.2, 0.25) is 5.91 Å². The van der Waals surface area contributed by atoms with Gasteiger partial charge in [-0.05, 0) is 37.3 Å². The van der Waals surface area contributed by atoms with Gasteiger partial charge in [-0.3, -0.25) is 9.69 Å². The molecule has 1 aromatic heterocycles. The van der Waals surface area contributed by atoms with Crippen LogP contribution in [0.25, 0.3) is 0 Å². The van der Waals surface area contributed by atoms with Gasteiger partial charge < -0.3 is 10.4 Å². The van der Waals surface area contributed by atoms with Crippen LogP contribution in [0.2, 0.25) is 0 Å². The van der Waals surface area contributed by atoms with Crippen LogP contribution in [0.4, 0.5) is 5.82 Å². The van der Waals surface area contributed by atoms with Crippen LogP contribution in [0.15, 0.2) is 66.9 Å². The molecule has 1 aliphatic heterocycles. The van der Waals surface area contributed by atoms with Crippen LogP contribution < -0.4 is 5.32 Å². The average Bonchev–Trinajstić information content (AvgIpc) is 3.24. The number of hydrogen-bond acceptors (Lipinski definition) is 4. The number of nitrogens with zero attached hydrogens (tertiary/aromatic N) is 3. The number of carbonyl (C=O) groups excluding carboxylic acids is 1. The van der Waals surface area contributed by atoms with Crippen molar-refractivity contribution in [2.24, 2.45) is 0 Å². The highest BCUT2D eigenvalue weighted by molar-refractivity contribution is 5.89. The van der Waals surface area contributed by atoms with Crippen molar-refractivity contribution in [1.29, 1.82) is 0 Å². The number of para-hydroxylation sites is 1. The fraction of sp³-hybridized carbons (Fsp3) is 0.360. The van der Waals surface area contributed by atoms with E-state index in [-0.39, 0.29) is 11.9 Å². The molecule has 0 saturated carbocycles. The SMILES string of the molecule is O=C(CCCc1ccccc1)Nc1ccnn1C1CCN(Cc2ccccc2O)CC1. The summed E-state index contributed by atoms with van der Waals surface area (Å²) in [6, 6.07) is 19.9.